The molecular formula is C29H35N3O4S. The lowest BCUT2D eigenvalue weighted by molar-refractivity contribution is 0.0600. The van der Waals surface area contributed by atoms with Gasteiger partial charge in [0.15, 0.2) is 5.75 Å². The van der Waals surface area contributed by atoms with E-state index in [1.54, 1.807) is 10.4 Å². The van der Waals surface area contributed by atoms with Gasteiger partial charge in [0.25, 0.3) is 0 Å². The third kappa shape index (κ3) is 6.32. The lowest BCUT2D eigenvalue weighted by Gasteiger charge is -2.33. The quantitative estimate of drug-likeness (QED) is 0.229. The molecule has 37 heavy (non-hydrogen) atoms. The number of piperidine rings is 1. The number of nitrogens with one attached hydrogen (secondary N) is 2. The number of carbonyl (C=O) groups is 1. The minimum Gasteiger partial charge on any atom is -0.465 e. The Bertz CT molecular complexity index is 1290. The van der Waals surface area contributed by atoms with E-state index in [9.17, 15) is 9.00 Å². The SMILES string of the molecule is CCCCNc1cc(C(=O)OC)cc(S(=N)(=O)N2CCC(c3ccccc3)CC2)c1Oc1ccccc1. The molecule has 1 fully saturated rings. The highest BCUT2D eigenvalue weighted by molar-refractivity contribution is 7.90. The number of rotatable bonds is 10. The molecule has 4 rings (SSSR count). The summed E-state index contributed by atoms with van der Waals surface area (Å²) in [5.41, 5.74) is 2.02. The predicted octanol–water partition coefficient (Wildman–Crippen LogP) is 6.68. The molecule has 1 aliphatic rings. The van der Waals surface area contributed by atoms with Crippen LogP contribution >= 0.6 is 0 Å². The van der Waals surface area contributed by atoms with E-state index in [0.29, 0.717) is 42.7 Å². The van der Waals surface area contributed by atoms with Crippen molar-refractivity contribution in [2.24, 2.45) is 0 Å². The summed E-state index contributed by atoms with van der Waals surface area (Å²) in [5.74, 6) is 0.677. The summed E-state index contributed by atoms with van der Waals surface area (Å²) in [7, 11) is -2.16. The average molecular weight is 522 g/mol. The molecule has 3 aromatic carbocycles. The van der Waals surface area contributed by atoms with Crippen LogP contribution in [0.5, 0.6) is 11.5 Å². The van der Waals surface area contributed by atoms with Gasteiger partial charge >= 0.3 is 5.97 Å². The van der Waals surface area contributed by atoms with E-state index in [-0.39, 0.29) is 10.5 Å². The molecule has 0 aliphatic carbocycles. The van der Waals surface area contributed by atoms with Gasteiger partial charge in [-0.25, -0.2) is 18.1 Å². The largest absolute Gasteiger partial charge is 0.465 e. The van der Waals surface area contributed by atoms with Gasteiger partial charge in [-0.1, -0.05) is 61.9 Å². The van der Waals surface area contributed by atoms with Crippen molar-refractivity contribution in [1.29, 1.82) is 4.78 Å². The maximum absolute atomic E-state index is 14.3. The Morgan fingerprint density at radius 3 is 2.32 bits per heavy atom. The normalized spacial score (nSPS) is 16.1. The van der Waals surface area contributed by atoms with Crippen molar-refractivity contribution in [3.8, 4) is 11.5 Å². The van der Waals surface area contributed by atoms with Crippen molar-refractivity contribution < 1.29 is 18.5 Å². The van der Waals surface area contributed by atoms with E-state index in [4.69, 9.17) is 14.3 Å². The first-order valence-electron chi connectivity index (χ1n) is 12.8. The Balaban J connectivity index is 1.72. The zero-order chi connectivity index (χ0) is 26.3. The number of nitrogens with zero attached hydrogens (tertiary/aromatic N) is 1. The van der Waals surface area contributed by atoms with E-state index >= 15 is 0 Å². The van der Waals surface area contributed by atoms with E-state index in [1.807, 2.05) is 48.5 Å². The van der Waals surface area contributed by atoms with Crippen molar-refractivity contribution in [2.75, 3.05) is 32.1 Å². The Labute approximate surface area is 219 Å². The number of ether oxygens (including phenoxy) is 2. The topological polar surface area (TPSA) is 91.7 Å². The first-order valence-corrected chi connectivity index (χ1v) is 14.3. The first-order chi connectivity index (χ1) is 17.9. The number of benzene rings is 3. The second-order valence-corrected chi connectivity index (χ2v) is 11.2. The Hall–Kier alpha value is -3.36. The highest BCUT2D eigenvalue weighted by Gasteiger charge is 2.32. The van der Waals surface area contributed by atoms with Crippen LogP contribution in [0.3, 0.4) is 0 Å². The van der Waals surface area contributed by atoms with Crippen LogP contribution < -0.4 is 10.1 Å². The smallest absolute Gasteiger partial charge is 0.337 e. The molecule has 1 heterocycles. The number of anilines is 1. The second-order valence-electron chi connectivity index (χ2n) is 9.18. The highest BCUT2D eigenvalue weighted by atomic mass is 32.2. The molecule has 0 radical (unpaired) electrons. The van der Waals surface area contributed by atoms with Gasteiger partial charge in [-0.3, -0.25) is 0 Å². The number of methoxy groups -OCH3 is 1. The maximum Gasteiger partial charge on any atom is 0.337 e. The summed E-state index contributed by atoms with van der Waals surface area (Å²) < 4.78 is 36.4. The summed E-state index contributed by atoms with van der Waals surface area (Å²) in [6, 6.07) is 22.7. The molecule has 0 bridgehead atoms. The fourth-order valence-corrected chi connectivity index (χ4v) is 6.29. The first kappa shape index (κ1) is 26.7. The average Bonchev–Trinajstić information content (AvgIpc) is 2.94. The predicted molar refractivity (Wildman–Crippen MR) is 147 cm³/mol. The van der Waals surface area contributed by atoms with Crippen LogP contribution in [-0.2, 0) is 14.7 Å². The number of esters is 1. The highest BCUT2D eigenvalue weighted by Crippen LogP contribution is 2.41. The molecule has 8 heteroatoms. The number of hydrogen-bond acceptors (Lipinski definition) is 6. The fraction of sp³-hybridized carbons (Fsp3) is 0.345. The van der Waals surface area contributed by atoms with Gasteiger partial charge in [-0.05, 0) is 55.0 Å². The maximum atomic E-state index is 14.3. The van der Waals surface area contributed by atoms with E-state index < -0.39 is 15.9 Å². The van der Waals surface area contributed by atoms with Crippen molar-refractivity contribution in [2.45, 2.75) is 43.4 Å². The molecule has 0 spiro atoms. The molecule has 1 atom stereocenters. The molecule has 196 valence electrons. The third-order valence-electron chi connectivity index (χ3n) is 6.67. The minimum atomic E-state index is -3.48. The summed E-state index contributed by atoms with van der Waals surface area (Å²) >= 11 is 0. The summed E-state index contributed by atoms with van der Waals surface area (Å²) in [6.45, 7) is 3.75. The molecule has 0 aromatic heterocycles. The van der Waals surface area contributed by atoms with Crippen molar-refractivity contribution in [3.05, 3.63) is 83.9 Å². The molecule has 1 aliphatic heterocycles. The van der Waals surface area contributed by atoms with E-state index in [1.165, 1.54) is 18.7 Å². The molecule has 0 saturated carbocycles. The van der Waals surface area contributed by atoms with Crippen LogP contribution in [-0.4, -0.2) is 41.2 Å². The molecule has 1 unspecified atom stereocenters. The number of carbonyl (C=O) groups excluding carboxylic acids is 1. The van der Waals surface area contributed by atoms with Crippen molar-refractivity contribution in [3.63, 3.8) is 0 Å². The molecular weight excluding hydrogens is 486 g/mol. The van der Waals surface area contributed by atoms with Gasteiger partial charge in [0.1, 0.15) is 20.6 Å². The zero-order valence-corrected chi connectivity index (χ0v) is 22.3. The van der Waals surface area contributed by atoms with Gasteiger partial charge < -0.3 is 14.8 Å². The zero-order valence-electron chi connectivity index (χ0n) is 21.4. The van der Waals surface area contributed by atoms with Crippen LogP contribution in [0, 0.1) is 4.78 Å². The number of unbranched alkanes of at least 4 members (excludes halogenated alkanes) is 1. The third-order valence-corrected chi connectivity index (χ3v) is 8.66. The molecule has 2 N–H and O–H groups in total. The Morgan fingerprint density at radius 2 is 1.70 bits per heavy atom. The van der Waals surface area contributed by atoms with Gasteiger partial charge in [0.2, 0.25) is 0 Å². The molecule has 0 amide bonds. The fourth-order valence-electron chi connectivity index (χ4n) is 4.60. The number of hydrogen-bond donors (Lipinski definition) is 2. The van der Waals surface area contributed by atoms with Crippen LogP contribution in [0.2, 0.25) is 0 Å². The summed E-state index contributed by atoms with van der Waals surface area (Å²) in [4.78, 5) is 12.7. The Morgan fingerprint density at radius 1 is 1.05 bits per heavy atom. The minimum absolute atomic E-state index is 0.177. The lowest BCUT2D eigenvalue weighted by atomic mass is 9.90. The Kier molecular flexibility index (Phi) is 8.84. The van der Waals surface area contributed by atoms with Crippen molar-refractivity contribution >= 4 is 21.6 Å². The van der Waals surface area contributed by atoms with Crippen LogP contribution in [0.1, 0.15) is 54.4 Å². The second kappa shape index (κ2) is 12.3. The van der Waals surface area contributed by atoms with Crippen LogP contribution in [0.4, 0.5) is 5.69 Å². The van der Waals surface area contributed by atoms with Crippen molar-refractivity contribution in [1.82, 2.24) is 4.31 Å². The summed E-state index contributed by atoms with van der Waals surface area (Å²) in [6.07, 6.45) is 3.49. The standard InChI is InChI=1S/C29H35N3O4S/c1-3-4-17-31-26-20-24(29(33)35-2)21-27(28(26)36-25-13-9-6-10-14-25)37(30,34)32-18-15-23(16-19-32)22-11-7-5-8-12-22/h5-14,20-21,23,30-31H,3-4,15-19H2,1-2H3. The van der Waals surface area contributed by atoms with Gasteiger partial charge in [-0.15, -0.1) is 0 Å². The van der Waals surface area contributed by atoms with Gasteiger partial charge in [0.05, 0.1) is 18.4 Å². The summed E-state index contributed by atoms with van der Waals surface area (Å²) in [5, 5.41) is 3.34. The lowest BCUT2D eigenvalue weighted by Crippen LogP contribution is -2.37. The van der Waals surface area contributed by atoms with Crippen LogP contribution in [0.15, 0.2) is 77.7 Å². The van der Waals surface area contributed by atoms with Gasteiger partial charge in [0, 0.05) is 19.6 Å². The molecule has 3 aromatic rings. The van der Waals surface area contributed by atoms with Gasteiger partial charge in [-0.2, -0.15) is 0 Å². The monoisotopic (exact) mass is 521 g/mol. The number of para-hydroxylation sites is 1. The van der Waals surface area contributed by atoms with E-state index in [2.05, 4.69) is 24.4 Å². The molecule has 1 saturated heterocycles. The van der Waals surface area contributed by atoms with E-state index in [0.717, 1.165) is 25.7 Å². The molecule has 7 nitrogen and oxygen atoms in total. The van der Waals surface area contributed by atoms with Crippen LogP contribution in [0.25, 0.3) is 0 Å².